The van der Waals surface area contributed by atoms with E-state index in [1.54, 1.807) is 14.2 Å². The Balaban J connectivity index is 1.40. The van der Waals surface area contributed by atoms with Crippen molar-refractivity contribution in [1.82, 2.24) is 15.4 Å². The fourth-order valence-corrected chi connectivity index (χ4v) is 4.83. The van der Waals surface area contributed by atoms with Gasteiger partial charge < -0.3 is 24.4 Å². The number of aromatic nitrogens is 1. The molecule has 0 unspecified atom stereocenters. The van der Waals surface area contributed by atoms with Crippen molar-refractivity contribution in [2.75, 3.05) is 38.7 Å². The van der Waals surface area contributed by atoms with Crippen LogP contribution in [0.1, 0.15) is 40.0 Å². The van der Waals surface area contributed by atoms with Crippen LogP contribution in [0.25, 0.3) is 11.0 Å². The van der Waals surface area contributed by atoms with Crippen LogP contribution in [-0.2, 0) is 6.42 Å². The third-order valence-corrected chi connectivity index (χ3v) is 6.87. The fraction of sp³-hybridized carbons (Fsp3) is 0.407. The molecule has 3 aromatic rings. The third-order valence-electron chi connectivity index (χ3n) is 6.87. The molecule has 1 fully saturated rings. The van der Waals surface area contributed by atoms with E-state index in [0.29, 0.717) is 11.6 Å². The molecule has 2 heterocycles. The Morgan fingerprint density at radius 1 is 1.29 bits per heavy atom. The van der Waals surface area contributed by atoms with Gasteiger partial charge in [0, 0.05) is 55.4 Å². The molecule has 7 nitrogen and oxygen atoms in total. The van der Waals surface area contributed by atoms with Crippen molar-refractivity contribution in [2.24, 2.45) is 0 Å². The average molecular weight is 463 g/mol. The second kappa shape index (κ2) is 10.3. The molecule has 0 aliphatic carbocycles. The number of carbonyl (C=O) groups excluding carboxylic acids is 1. The highest BCUT2D eigenvalue weighted by molar-refractivity contribution is 5.95. The molecular formula is C27H34N4O3. The van der Waals surface area contributed by atoms with Crippen molar-refractivity contribution in [3.05, 3.63) is 65.5 Å². The number of ether oxygens (including phenoxy) is 1. The van der Waals surface area contributed by atoms with Crippen LogP contribution in [0.15, 0.2) is 47.6 Å². The number of carbonyl (C=O) groups is 1. The van der Waals surface area contributed by atoms with Crippen molar-refractivity contribution < 1.29 is 14.1 Å². The average Bonchev–Trinajstić information content (AvgIpc) is 3.23. The first-order valence-electron chi connectivity index (χ1n) is 11.8. The van der Waals surface area contributed by atoms with Crippen LogP contribution < -0.4 is 15.0 Å². The van der Waals surface area contributed by atoms with E-state index in [1.807, 2.05) is 37.4 Å². The topological polar surface area (TPSA) is 70.8 Å². The van der Waals surface area contributed by atoms with E-state index in [4.69, 9.17) is 9.26 Å². The minimum absolute atomic E-state index is 0.0740. The highest BCUT2D eigenvalue weighted by Crippen LogP contribution is 2.30. The van der Waals surface area contributed by atoms with Crippen molar-refractivity contribution in [2.45, 2.75) is 39.2 Å². The SMILES string of the molecule is C=CN(c1cc(C(=O)NC)ccc1C)C1CCN(CCc2cc3c(C)noc3cc2OC)CC1. The number of aryl methyl sites for hydroxylation is 2. The van der Waals surface area contributed by atoms with E-state index < -0.39 is 0 Å². The summed E-state index contributed by atoms with van der Waals surface area (Å²) >= 11 is 0. The molecule has 1 aliphatic heterocycles. The number of piperidine rings is 1. The highest BCUT2D eigenvalue weighted by atomic mass is 16.5. The summed E-state index contributed by atoms with van der Waals surface area (Å²) in [6.07, 6.45) is 4.89. The van der Waals surface area contributed by atoms with Crippen LogP contribution in [0.5, 0.6) is 5.75 Å². The Morgan fingerprint density at radius 2 is 2.06 bits per heavy atom. The van der Waals surface area contributed by atoms with E-state index in [0.717, 1.165) is 72.6 Å². The van der Waals surface area contributed by atoms with E-state index in [1.165, 1.54) is 5.56 Å². The number of benzene rings is 2. The van der Waals surface area contributed by atoms with E-state index in [9.17, 15) is 4.79 Å². The molecule has 0 spiro atoms. The zero-order chi connectivity index (χ0) is 24.2. The zero-order valence-corrected chi connectivity index (χ0v) is 20.6. The van der Waals surface area contributed by atoms with Crippen LogP contribution in [-0.4, -0.2) is 55.8 Å². The van der Waals surface area contributed by atoms with Gasteiger partial charge in [-0.05, 0) is 68.6 Å². The quantitative estimate of drug-likeness (QED) is 0.533. The number of likely N-dealkylation sites (tertiary alicyclic amines) is 1. The molecule has 0 radical (unpaired) electrons. The van der Waals surface area contributed by atoms with Gasteiger partial charge in [0.25, 0.3) is 5.91 Å². The van der Waals surface area contributed by atoms with Gasteiger partial charge in [0.15, 0.2) is 5.58 Å². The van der Waals surface area contributed by atoms with Crippen LogP contribution in [0, 0.1) is 13.8 Å². The summed E-state index contributed by atoms with van der Waals surface area (Å²) in [5.41, 5.74) is 5.71. The lowest BCUT2D eigenvalue weighted by Crippen LogP contribution is -2.43. The summed E-state index contributed by atoms with van der Waals surface area (Å²) in [4.78, 5) is 16.9. The number of amides is 1. The molecule has 7 heteroatoms. The van der Waals surface area contributed by atoms with E-state index in [2.05, 4.69) is 39.8 Å². The van der Waals surface area contributed by atoms with Crippen LogP contribution in [0.4, 0.5) is 5.69 Å². The number of rotatable bonds is 8. The van der Waals surface area contributed by atoms with Crippen molar-refractivity contribution >= 4 is 22.6 Å². The van der Waals surface area contributed by atoms with Gasteiger partial charge in [0.05, 0.1) is 12.8 Å². The third kappa shape index (κ3) is 4.80. The summed E-state index contributed by atoms with van der Waals surface area (Å²) in [5, 5.41) is 7.83. The van der Waals surface area contributed by atoms with Gasteiger partial charge in [0.2, 0.25) is 0 Å². The van der Waals surface area contributed by atoms with Crippen LogP contribution in [0.3, 0.4) is 0 Å². The van der Waals surface area contributed by atoms with Crippen molar-refractivity contribution in [1.29, 1.82) is 0 Å². The maximum Gasteiger partial charge on any atom is 0.251 e. The summed E-state index contributed by atoms with van der Waals surface area (Å²) in [7, 11) is 3.36. The number of methoxy groups -OCH3 is 1. The Hall–Kier alpha value is -3.32. The molecule has 0 bridgehead atoms. The molecule has 1 aromatic heterocycles. The predicted octanol–water partition coefficient (Wildman–Crippen LogP) is 4.47. The number of nitrogens with zero attached hydrogens (tertiary/aromatic N) is 3. The van der Waals surface area contributed by atoms with Gasteiger partial charge >= 0.3 is 0 Å². The van der Waals surface area contributed by atoms with Crippen LogP contribution in [0.2, 0.25) is 0 Å². The summed E-state index contributed by atoms with van der Waals surface area (Å²) in [5.74, 6) is 0.776. The Labute approximate surface area is 201 Å². The van der Waals surface area contributed by atoms with Gasteiger partial charge in [-0.25, -0.2) is 0 Å². The molecule has 2 aromatic carbocycles. The second-order valence-electron chi connectivity index (χ2n) is 8.92. The lowest BCUT2D eigenvalue weighted by molar-refractivity contribution is 0.0963. The van der Waals surface area contributed by atoms with E-state index >= 15 is 0 Å². The normalized spacial score (nSPS) is 14.8. The lowest BCUT2D eigenvalue weighted by Gasteiger charge is -2.38. The molecule has 0 atom stereocenters. The Morgan fingerprint density at radius 3 is 2.74 bits per heavy atom. The maximum atomic E-state index is 12.1. The lowest BCUT2D eigenvalue weighted by atomic mass is 9.99. The number of hydrogen-bond acceptors (Lipinski definition) is 6. The number of anilines is 1. The molecule has 1 saturated heterocycles. The number of fused-ring (bicyclic) bond motifs is 1. The molecule has 0 saturated carbocycles. The fourth-order valence-electron chi connectivity index (χ4n) is 4.83. The molecule has 1 amide bonds. The van der Waals surface area contributed by atoms with Crippen molar-refractivity contribution in [3.8, 4) is 5.75 Å². The molecule has 180 valence electrons. The predicted molar refractivity (Wildman–Crippen MR) is 136 cm³/mol. The number of hydrogen-bond donors (Lipinski definition) is 1. The van der Waals surface area contributed by atoms with Gasteiger partial charge in [-0.2, -0.15) is 0 Å². The van der Waals surface area contributed by atoms with Gasteiger partial charge in [-0.1, -0.05) is 17.8 Å². The smallest absolute Gasteiger partial charge is 0.251 e. The van der Waals surface area contributed by atoms with Gasteiger partial charge in [0.1, 0.15) is 5.75 Å². The minimum atomic E-state index is -0.0740. The van der Waals surface area contributed by atoms with E-state index in [-0.39, 0.29) is 5.91 Å². The maximum absolute atomic E-state index is 12.1. The number of nitrogens with one attached hydrogen (secondary N) is 1. The first-order chi connectivity index (χ1) is 16.4. The highest BCUT2D eigenvalue weighted by Gasteiger charge is 2.25. The first-order valence-corrected chi connectivity index (χ1v) is 11.8. The molecule has 34 heavy (non-hydrogen) atoms. The van der Waals surface area contributed by atoms with Crippen LogP contribution >= 0.6 is 0 Å². The monoisotopic (exact) mass is 462 g/mol. The summed E-state index contributed by atoms with van der Waals surface area (Å²) in [6, 6.07) is 10.3. The Bertz CT molecular complexity index is 1180. The minimum Gasteiger partial charge on any atom is -0.496 e. The van der Waals surface area contributed by atoms with Crippen molar-refractivity contribution in [3.63, 3.8) is 0 Å². The summed E-state index contributed by atoms with van der Waals surface area (Å²) < 4.78 is 11.0. The Kier molecular flexibility index (Phi) is 7.22. The first kappa shape index (κ1) is 23.8. The van der Waals surface area contributed by atoms with Gasteiger partial charge in [-0.3, -0.25) is 4.79 Å². The molecule has 1 aliphatic rings. The summed E-state index contributed by atoms with van der Waals surface area (Å²) in [6.45, 7) is 11.1. The molecule has 1 N–H and O–H groups in total. The molecular weight excluding hydrogens is 428 g/mol. The largest absolute Gasteiger partial charge is 0.496 e. The second-order valence-corrected chi connectivity index (χ2v) is 8.92. The molecule has 4 rings (SSSR count). The van der Waals surface area contributed by atoms with Gasteiger partial charge in [-0.15, -0.1) is 0 Å². The zero-order valence-electron chi connectivity index (χ0n) is 20.6. The standard InChI is InChI=1S/C27H34N4O3/c1-6-31(24-16-21(27(32)28-4)8-7-18(24)2)22-10-13-30(14-11-22)12-9-20-15-23-19(3)29-34-26(23)17-25(20)33-5/h6-8,15-17,22H,1,9-14H2,2-5H3,(H,28,32).